The Morgan fingerprint density at radius 1 is 1.31 bits per heavy atom. The molecule has 0 amide bonds. The molecule has 0 saturated heterocycles. The summed E-state index contributed by atoms with van der Waals surface area (Å²) < 4.78 is 53.4. The third-order valence-corrected chi connectivity index (χ3v) is 1.38. The Hall–Kier alpha value is -0.360. The van der Waals surface area contributed by atoms with Crippen molar-refractivity contribution >= 4 is 0 Å². The molecule has 13 heavy (non-hydrogen) atoms. The second kappa shape index (κ2) is 4.23. The zero-order valence-electron chi connectivity index (χ0n) is 7.36. The van der Waals surface area contributed by atoms with Gasteiger partial charge in [-0.2, -0.15) is 17.6 Å². The van der Waals surface area contributed by atoms with E-state index in [0.29, 0.717) is 0 Å². The number of halogens is 4. The summed E-state index contributed by atoms with van der Waals surface area (Å²) in [6, 6.07) is 0. The molecule has 6 heteroatoms. The molecule has 0 radical (unpaired) electrons. The van der Waals surface area contributed by atoms with Crippen LogP contribution in [0.4, 0.5) is 17.6 Å². The molecule has 0 aromatic carbocycles. The Kier molecular flexibility index (Phi) is 4.12. The molecule has 0 aromatic rings. The van der Waals surface area contributed by atoms with Crippen LogP contribution >= 0.6 is 0 Å². The van der Waals surface area contributed by atoms with Crippen molar-refractivity contribution in [1.29, 1.82) is 0 Å². The zero-order valence-corrected chi connectivity index (χ0v) is 7.36. The smallest absolute Gasteiger partial charge is 0.391 e. The molecule has 0 aliphatic heterocycles. The van der Waals surface area contributed by atoms with E-state index in [0.717, 1.165) is 6.92 Å². The van der Waals surface area contributed by atoms with E-state index in [1.165, 1.54) is 6.92 Å². The highest BCUT2D eigenvalue weighted by Gasteiger charge is 2.56. The molecule has 80 valence electrons. The van der Waals surface area contributed by atoms with Crippen molar-refractivity contribution in [3.8, 4) is 0 Å². The maximum Gasteiger partial charge on any atom is 0.419 e. The third-order valence-electron chi connectivity index (χ3n) is 1.38. The number of ether oxygens (including phenoxy) is 1. The SMILES string of the molecule is CCC(F)(F)C(F)(F)OCC(C)O. The average Bonchev–Trinajstić information content (AvgIpc) is 2.01. The predicted molar refractivity (Wildman–Crippen MR) is 37.8 cm³/mol. The molecule has 2 nitrogen and oxygen atoms in total. The first kappa shape index (κ1) is 12.6. The Balaban J connectivity index is 4.22. The Labute approximate surface area is 73.5 Å². The lowest BCUT2D eigenvalue weighted by molar-refractivity contribution is -0.351. The zero-order chi connectivity index (χ0) is 10.7. The molecule has 1 N–H and O–H groups in total. The normalized spacial score (nSPS) is 15.9. The summed E-state index contributed by atoms with van der Waals surface area (Å²) in [7, 11) is 0. The van der Waals surface area contributed by atoms with Crippen LogP contribution in [0.25, 0.3) is 0 Å². The van der Waals surface area contributed by atoms with Gasteiger partial charge < -0.3 is 9.84 Å². The van der Waals surface area contributed by atoms with Crippen molar-refractivity contribution in [3.05, 3.63) is 0 Å². The number of alkyl halides is 4. The van der Waals surface area contributed by atoms with Crippen molar-refractivity contribution in [3.63, 3.8) is 0 Å². The van der Waals surface area contributed by atoms with Gasteiger partial charge in [0.1, 0.15) is 0 Å². The van der Waals surface area contributed by atoms with Crippen LogP contribution in [0.1, 0.15) is 20.3 Å². The highest BCUT2D eigenvalue weighted by molar-refractivity contribution is 4.75. The molecule has 0 bridgehead atoms. The standard InChI is InChI=1S/C7H12F4O2/c1-3-6(8,9)7(10,11)13-4-5(2)12/h5,12H,3-4H2,1-2H3. The van der Waals surface area contributed by atoms with Crippen molar-refractivity contribution in [2.24, 2.45) is 0 Å². The second-order valence-electron chi connectivity index (χ2n) is 2.73. The van der Waals surface area contributed by atoms with E-state index in [9.17, 15) is 17.6 Å². The fourth-order valence-corrected chi connectivity index (χ4v) is 0.537. The lowest BCUT2D eigenvalue weighted by Crippen LogP contribution is -2.43. The minimum absolute atomic E-state index is 0.817. The van der Waals surface area contributed by atoms with Crippen molar-refractivity contribution < 1.29 is 27.4 Å². The Bertz CT molecular complexity index is 159. The van der Waals surface area contributed by atoms with Crippen LogP contribution in [-0.2, 0) is 4.74 Å². The van der Waals surface area contributed by atoms with Gasteiger partial charge in [-0.05, 0) is 6.92 Å². The number of rotatable bonds is 5. The summed E-state index contributed by atoms with van der Waals surface area (Å²) in [4.78, 5) is 0. The van der Waals surface area contributed by atoms with Gasteiger partial charge in [-0.1, -0.05) is 6.92 Å². The maximum absolute atomic E-state index is 12.5. The number of aliphatic hydroxyl groups is 1. The van der Waals surface area contributed by atoms with Gasteiger partial charge in [-0.15, -0.1) is 0 Å². The van der Waals surface area contributed by atoms with Crippen LogP contribution in [0.15, 0.2) is 0 Å². The minimum atomic E-state index is -4.52. The number of hydrogen-bond donors (Lipinski definition) is 1. The molecule has 1 atom stereocenters. The molecular weight excluding hydrogens is 192 g/mol. The second-order valence-corrected chi connectivity index (χ2v) is 2.73. The average molecular weight is 204 g/mol. The topological polar surface area (TPSA) is 29.5 Å². The summed E-state index contributed by atoms with van der Waals surface area (Å²) in [6.07, 6.45) is -6.73. The van der Waals surface area contributed by atoms with Gasteiger partial charge >= 0.3 is 12.0 Å². The number of hydrogen-bond acceptors (Lipinski definition) is 2. The van der Waals surface area contributed by atoms with Crippen LogP contribution in [0.3, 0.4) is 0 Å². The van der Waals surface area contributed by atoms with Crippen LogP contribution < -0.4 is 0 Å². The molecule has 0 fully saturated rings. The summed E-state index contributed by atoms with van der Waals surface area (Å²) in [6.45, 7) is 1.28. The summed E-state index contributed by atoms with van der Waals surface area (Å²) in [5.41, 5.74) is 0. The summed E-state index contributed by atoms with van der Waals surface area (Å²) >= 11 is 0. The molecule has 0 aliphatic rings. The molecule has 0 heterocycles. The van der Waals surface area contributed by atoms with E-state index >= 15 is 0 Å². The first-order valence-electron chi connectivity index (χ1n) is 3.80. The van der Waals surface area contributed by atoms with Gasteiger partial charge in [0.25, 0.3) is 0 Å². The van der Waals surface area contributed by atoms with E-state index < -0.39 is 31.2 Å². The largest absolute Gasteiger partial charge is 0.419 e. The van der Waals surface area contributed by atoms with E-state index in [2.05, 4.69) is 4.74 Å². The lowest BCUT2D eigenvalue weighted by Gasteiger charge is -2.25. The summed E-state index contributed by atoms with van der Waals surface area (Å²) in [5.74, 6) is -4.19. The van der Waals surface area contributed by atoms with E-state index in [1.807, 2.05) is 0 Å². The quantitative estimate of drug-likeness (QED) is 0.694. The summed E-state index contributed by atoms with van der Waals surface area (Å²) in [5, 5.41) is 8.55. The first-order chi connectivity index (χ1) is 5.73. The third kappa shape index (κ3) is 3.48. The molecule has 0 saturated carbocycles. The number of aliphatic hydroxyl groups excluding tert-OH is 1. The van der Waals surface area contributed by atoms with Gasteiger partial charge in [0, 0.05) is 6.42 Å². The van der Waals surface area contributed by atoms with Gasteiger partial charge in [0.15, 0.2) is 0 Å². The fraction of sp³-hybridized carbons (Fsp3) is 1.00. The van der Waals surface area contributed by atoms with Crippen LogP contribution in [0, 0.1) is 0 Å². The van der Waals surface area contributed by atoms with E-state index in [-0.39, 0.29) is 0 Å². The fourth-order valence-electron chi connectivity index (χ4n) is 0.537. The van der Waals surface area contributed by atoms with Gasteiger partial charge in [-0.3, -0.25) is 0 Å². The van der Waals surface area contributed by atoms with Crippen LogP contribution in [-0.4, -0.2) is 29.8 Å². The monoisotopic (exact) mass is 204 g/mol. The maximum atomic E-state index is 12.5. The highest BCUT2D eigenvalue weighted by atomic mass is 19.3. The molecule has 0 rings (SSSR count). The van der Waals surface area contributed by atoms with E-state index in [4.69, 9.17) is 5.11 Å². The van der Waals surface area contributed by atoms with Gasteiger partial charge in [-0.25, -0.2) is 0 Å². The Morgan fingerprint density at radius 3 is 2.08 bits per heavy atom. The van der Waals surface area contributed by atoms with E-state index in [1.54, 1.807) is 0 Å². The van der Waals surface area contributed by atoms with Crippen molar-refractivity contribution in [2.75, 3.05) is 6.61 Å². The van der Waals surface area contributed by atoms with Gasteiger partial charge in [0.05, 0.1) is 12.7 Å². The molecule has 0 aliphatic carbocycles. The molecule has 0 aromatic heterocycles. The van der Waals surface area contributed by atoms with Crippen LogP contribution in [0.2, 0.25) is 0 Å². The van der Waals surface area contributed by atoms with Gasteiger partial charge in [0.2, 0.25) is 0 Å². The highest BCUT2D eigenvalue weighted by Crippen LogP contribution is 2.37. The van der Waals surface area contributed by atoms with Crippen molar-refractivity contribution in [2.45, 2.75) is 38.4 Å². The minimum Gasteiger partial charge on any atom is -0.391 e. The first-order valence-corrected chi connectivity index (χ1v) is 3.80. The molecule has 1 unspecified atom stereocenters. The molecular formula is C7H12F4O2. The predicted octanol–water partition coefficient (Wildman–Crippen LogP) is 2.02. The van der Waals surface area contributed by atoms with Crippen molar-refractivity contribution in [1.82, 2.24) is 0 Å². The van der Waals surface area contributed by atoms with Crippen LogP contribution in [0.5, 0.6) is 0 Å². The lowest BCUT2D eigenvalue weighted by atomic mass is 10.2. The Morgan fingerprint density at radius 2 is 1.77 bits per heavy atom. The molecule has 0 spiro atoms.